The van der Waals surface area contributed by atoms with Crippen molar-refractivity contribution in [3.8, 4) is 0 Å². The minimum absolute atomic E-state index is 0.248. The molecule has 2 saturated carbocycles. The number of nitrogens with one attached hydrogen (secondary N) is 1. The van der Waals surface area contributed by atoms with Crippen molar-refractivity contribution in [3.63, 3.8) is 0 Å². The summed E-state index contributed by atoms with van der Waals surface area (Å²) in [6.45, 7) is 45.5. The second-order valence-electron chi connectivity index (χ2n) is 23.3. The molecule has 20 nitrogen and oxygen atoms in total. The van der Waals surface area contributed by atoms with E-state index in [4.69, 9.17) is 9.84 Å². The molecule has 0 aliphatic heterocycles. The number of ether oxygens (including phenoxy) is 1. The molecule has 24 heteroatoms. The Morgan fingerprint density at radius 1 is 0.571 bits per heavy atom. The predicted molar refractivity (Wildman–Crippen MR) is 402 cm³/mol. The Morgan fingerprint density at radius 2 is 1.05 bits per heavy atom. The lowest BCUT2D eigenvalue weighted by Gasteiger charge is -2.15. The van der Waals surface area contributed by atoms with E-state index in [1.54, 1.807) is 61.8 Å². The molecule has 0 amide bonds. The van der Waals surface area contributed by atoms with Gasteiger partial charge in [0.05, 0.1) is 5.01 Å². The molecule has 2 aliphatic rings. The molecule has 2 fully saturated rings. The van der Waals surface area contributed by atoms with Crippen LogP contribution in [0.4, 0.5) is 13.2 Å². The number of thiazole rings is 1. The number of benzene rings is 1. The summed E-state index contributed by atoms with van der Waals surface area (Å²) in [4.78, 5) is 23.6. The molecule has 8 heterocycles. The van der Waals surface area contributed by atoms with Crippen LogP contribution in [0.3, 0.4) is 0 Å². The lowest BCUT2D eigenvalue weighted by molar-refractivity contribution is -0.147. The van der Waals surface area contributed by atoms with Crippen molar-refractivity contribution in [1.29, 1.82) is 0 Å². The normalized spacial score (nSPS) is 11.3. The Morgan fingerprint density at radius 3 is 1.20 bits per heavy atom. The molecule has 0 unspecified atom stereocenters. The van der Waals surface area contributed by atoms with Gasteiger partial charge in [0.25, 0.3) is 0 Å². The molecule has 0 bridgehead atoms. The second-order valence-corrected chi connectivity index (χ2v) is 24.4. The second kappa shape index (κ2) is 66.8. The summed E-state index contributed by atoms with van der Waals surface area (Å²) in [5.74, 6) is 8.62. The number of aliphatic hydroxyl groups excluding tert-OH is 1. The van der Waals surface area contributed by atoms with Gasteiger partial charge in [-0.3, -0.25) is 15.1 Å². The molecule has 0 radical (unpaired) electrons. The van der Waals surface area contributed by atoms with Gasteiger partial charge in [-0.15, -0.1) is 41.9 Å². The van der Waals surface area contributed by atoms with Gasteiger partial charge >= 0.3 is 6.18 Å². The fourth-order valence-corrected chi connectivity index (χ4v) is 7.13. The Balaban J connectivity index is -0.000000317. The van der Waals surface area contributed by atoms with Crippen LogP contribution in [-0.4, -0.2) is 114 Å². The average Bonchev–Trinajstić information content (AvgIpc) is 1.69. The molecule has 8 aromatic heterocycles. The quantitative estimate of drug-likeness (QED) is 0.167. The minimum Gasteiger partial charge on any atom is -0.396 e. The van der Waals surface area contributed by atoms with Crippen molar-refractivity contribution in [3.05, 3.63) is 172 Å². The molecule has 556 valence electrons. The van der Waals surface area contributed by atoms with Gasteiger partial charge < -0.3 is 28.1 Å². The maximum absolute atomic E-state index is 11.9. The van der Waals surface area contributed by atoms with Crippen molar-refractivity contribution in [2.45, 2.75) is 236 Å². The number of alkyl halides is 3. The van der Waals surface area contributed by atoms with Crippen LogP contribution in [-0.2, 0) is 39.1 Å². The first-order valence-electron chi connectivity index (χ1n) is 34.3. The third-order valence-electron chi connectivity index (χ3n) is 12.5. The van der Waals surface area contributed by atoms with E-state index in [1.807, 2.05) is 166 Å². The molecule has 11 rings (SSSR count). The number of aromatic amines is 1. The molecule has 2 N–H and O–H groups in total. The Kier molecular flexibility index (Phi) is 67.6. The summed E-state index contributed by atoms with van der Waals surface area (Å²) in [6.07, 6.45) is 24.7. The largest absolute Gasteiger partial charge is 0.451 e. The predicted octanol–water partition coefficient (Wildman–Crippen LogP) is 18.8. The zero-order valence-electron chi connectivity index (χ0n) is 65.4. The first-order valence-corrected chi connectivity index (χ1v) is 35.2. The summed E-state index contributed by atoms with van der Waals surface area (Å²) in [7, 11) is 8.82. The number of pyridine rings is 1. The number of nitrogens with zero attached hydrogens (tertiary/aromatic N) is 17. The van der Waals surface area contributed by atoms with Crippen LogP contribution < -0.4 is 0 Å². The van der Waals surface area contributed by atoms with E-state index in [1.165, 1.54) is 83.7 Å². The number of aliphatic hydroxyl groups is 1. The van der Waals surface area contributed by atoms with Crippen LogP contribution in [0.25, 0.3) is 0 Å². The molecular weight excluding hydrogens is 1260 g/mol. The van der Waals surface area contributed by atoms with Crippen LogP contribution in [0.15, 0.2) is 103 Å². The molecule has 0 saturated heterocycles. The van der Waals surface area contributed by atoms with Crippen LogP contribution in [0, 0.1) is 93.9 Å². The van der Waals surface area contributed by atoms with Gasteiger partial charge in [0.1, 0.15) is 52.9 Å². The maximum Gasteiger partial charge on any atom is 0.451 e. The van der Waals surface area contributed by atoms with Crippen molar-refractivity contribution in [2.75, 3.05) is 20.3 Å². The third-order valence-corrected chi connectivity index (χ3v) is 13.2. The van der Waals surface area contributed by atoms with Crippen LogP contribution in [0.2, 0.25) is 0 Å². The fourth-order valence-electron chi connectivity index (χ4n) is 6.69. The number of hydrogen-bond donors (Lipinski definition) is 2. The number of imidazole rings is 1. The molecular formula is C74H131F3N18O2S. The molecule has 1 aromatic carbocycles. The topological polar surface area (TPSA) is 233 Å². The summed E-state index contributed by atoms with van der Waals surface area (Å²) < 4.78 is 47.2. The number of rotatable bonds is 3. The van der Waals surface area contributed by atoms with E-state index in [9.17, 15) is 13.2 Å². The molecule has 0 spiro atoms. The minimum atomic E-state index is -4.41. The average molecular weight is 1390 g/mol. The molecule has 2 aliphatic carbocycles. The van der Waals surface area contributed by atoms with Crippen LogP contribution in [0.5, 0.6) is 0 Å². The molecule has 0 atom stereocenters. The van der Waals surface area contributed by atoms with Gasteiger partial charge in [-0.2, -0.15) is 18.3 Å². The first-order chi connectivity index (χ1) is 46.4. The fraction of sp³-hybridized carbons (Fsp3) is 0.608. The van der Waals surface area contributed by atoms with Crippen LogP contribution >= 0.6 is 11.3 Å². The number of hydrogen-bond acceptors (Lipinski definition) is 16. The van der Waals surface area contributed by atoms with Gasteiger partial charge in [0, 0.05) is 96.8 Å². The van der Waals surface area contributed by atoms with Crippen LogP contribution in [0.1, 0.15) is 222 Å². The van der Waals surface area contributed by atoms with E-state index in [2.05, 4.69) is 145 Å². The Labute approximate surface area is 594 Å². The zero-order valence-corrected chi connectivity index (χ0v) is 66.3. The lowest BCUT2D eigenvalue weighted by Crippen LogP contribution is -2.13. The van der Waals surface area contributed by atoms with Gasteiger partial charge in [-0.25, -0.2) is 19.9 Å². The first kappa shape index (κ1) is 99.2. The molecule has 9 aromatic rings. The van der Waals surface area contributed by atoms with Gasteiger partial charge in [0.2, 0.25) is 5.82 Å². The van der Waals surface area contributed by atoms with Crippen molar-refractivity contribution in [1.82, 2.24) is 89.0 Å². The number of aromatic nitrogens is 18. The number of aryl methyl sites for hydroxylation is 13. The summed E-state index contributed by atoms with van der Waals surface area (Å²) in [5.41, 5.74) is 2.39. The van der Waals surface area contributed by atoms with E-state index < -0.39 is 12.0 Å². The SMILES string of the molecule is CC.CC(C)C.CC1CCCC1.CC1CCCCC1.CCC.CCCO.CCCOC.Cc1ccccc1.Cc1ccccn1.Cc1n[nH]c(C)n1.Cc1ncccn1.Cc1nccn1C.Cc1nccs1.Cc1nnc(C(F)(F)F)n1C.Cc1nnc(C)n1C.Cc1nncn1C. The third kappa shape index (κ3) is 64.5. The highest BCUT2D eigenvalue weighted by Gasteiger charge is 2.36. The van der Waals surface area contributed by atoms with Gasteiger partial charge in [0.15, 0.2) is 0 Å². The molecule has 98 heavy (non-hydrogen) atoms. The van der Waals surface area contributed by atoms with E-state index in [0.717, 1.165) is 93.2 Å². The zero-order chi connectivity index (χ0) is 75.7. The van der Waals surface area contributed by atoms with E-state index in [-0.39, 0.29) is 5.82 Å². The van der Waals surface area contributed by atoms with Gasteiger partial charge in [-0.1, -0.05) is 182 Å². The summed E-state index contributed by atoms with van der Waals surface area (Å²) in [6, 6.07) is 17.9. The monoisotopic (exact) mass is 1390 g/mol. The number of methoxy groups -OCH3 is 1. The maximum atomic E-state index is 11.9. The number of H-pyrrole nitrogens is 1. The lowest BCUT2D eigenvalue weighted by atomic mass is 9.91. The van der Waals surface area contributed by atoms with Crippen molar-refractivity contribution >= 4 is 11.3 Å². The van der Waals surface area contributed by atoms with E-state index in [0.29, 0.717) is 6.61 Å². The smallest absolute Gasteiger partial charge is 0.396 e. The van der Waals surface area contributed by atoms with E-state index >= 15 is 0 Å². The Bertz CT molecular complexity index is 2830. The standard InChI is InChI=1S/C7H14.C7H8.C6H7N.C6H12.C5H6F3N3.C5H9N3.C5H8N2.C5H6N2.2C4H7N3.C4H5NS.C4H10O.C4H10.C3H8O.C3H8.C2H6/c2*1-7-5-3-2-4-6-7;1-6-4-2-3-5-7-6;1-6-4-2-3-5-6;1-3-9-10-4(11(3)2)5(6,7)8;1-4-6-7-5(2)8(4)3;1-5-6-3-4-7(5)2;1-5-6-3-2-4-7-5;1-4-6-5-3-7(4)2;1-3-5-4(2)7-6-3;1-4-5-2-3-6-4;1-3-4-5-2;1-4(2)3;1-2-3-4;1-3-2;1-2/h7H,2-6H2,1H3;2-6H,1H3;2-5H,1H3;6H,2-5H2,1H3;1-2H3;1-3H3;3-4H,1-2H3;2-4H,1H3;3H,1-2H3;1-2H3,(H,5,6,7);2-3H,1H3;3-4H2,1-2H3;4H,1-3H3;4H,2-3H2,1H3;3H2,1-2H3;1-2H3. The van der Waals surface area contributed by atoms with Crippen molar-refractivity contribution in [2.24, 2.45) is 45.9 Å². The highest BCUT2D eigenvalue weighted by molar-refractivity contribution is 7.09. The summed E-state index contributed by atoms with van der Waals surface area (Å²) >= 11 is 1.67. The summed E-state index contributed by atoms with van der Waals surface area (Å²) in [5, 5.41) is 38.7. The highest BCUT2D eigenvalue weighted by Crippen LogP contribution is 2.27. The Hall–Kier alpha value is -7.44. The number of halogens is 3. The highest BCUT2D eigenvalue weighted by atomic mass is 32.1. The van der Waals surface area contributed by atoms with Gasteiger partial charge in [-0.05, 0) is 125 Å². The van der Waals surface area contributed by atoms with Crippen molar-refractivity contribution < 1.29 is 23.0 Å².